The van der Waals surface area contributed by atoms with Gasteiger partial charge in [-0.25, -0.2) is 13.1 Å². The quantitative estimate of drug-likeness (QED) is 0.282. The van der Waals surface area contributed by atoms with Gasteiger partial charge in [0.05, 0.1) is 36.9 Å². The van der Waals surface area contributed by atoms with Crippen LogP contribution >= 0.6 is 11.6 Å². The van der Waals surface area contributed by atoms with Gasteiger partial charge >= 0.3 is 0 Å². The fraction of sp³-hybridized carbons (Fsp3) is 0.595. The van der Waals surface area contributed by atoms with Crippen molar-refractivity contribution in [3.63, 3.8) is 0 Å². The first-order valence-corrected chi connectivity index (χ1v) is 19.1. The second-order valence-electron chi connectivity index (χ2n) is 14.4. The number of amides is 1. The molecule has 8 nitrogen and oxygen atoms in total. The van der Waals surface area contributed by atoms with Gasteiger partial charge in [-0.15, -0.1) is 0 Å². The monoisotopic (exact) mass is 684 g/mol. The molecule has 10 heteroatoms. The molecule has 256 valence electrons. The second kappa shape index (κ2) is 14.1. The Morgan fingerprint density at radius 1 is 1.15 bits per heavy atom. The number of halogens is 1. The molecule has 2 aromatic carbocycles. The number of ether oxygens (including phenoxy) is 3. The summed E-state index contributed by atoms with van der Waals surface area (Å²) in [5, 5.41) is 0.00179. The number of anilines is 1. The number of methoxy groups -OCH3 is 1. The topological polar surface area (TPSA) is 94.2 Å². The Hall–Kier alpha value is -2.59. The summed E-state index contributed by atoms with van der Waals surface area (Å²) in [5.74, 6) is 0.381. The van der Waals surface area contributed by atoms with E-state index in [-0.39, 0.29) is 23.4 Å². The predicted octanol–water partition coefficient (Wildman–Crippen LogP) is 6.55. The minimum atomic E-state index is -3.97. The summed E-state index contributed by atoms with van der Waals surface area (Å²) in [6.07, 6.45) is 9.81. The molecule has 0 aromatic heterocycles. The number of hydrogen-bond donors (Lipinski definition) is 1. The highest BCUT2D eigenvalue weighted by Crippen LogP contribution is 2.47. The minimum Gasteiger partial charge on any atom is -0.490 e. The largest absolute Gasteiger partial charge is 0.490 e. The summed E-state index contributed by atoms with van der Waals surface area (Å²) >= 11 is 6.44. The Morgan fingerprint density at radius 2 is 1.98 bits per heavy atom. The molecule has 6 atom stereocenters. The van der Waals surface area contributed by atoms with Gasteiger partial charge in [0.25, 0.3) is 5.91 Å². The summed E-state index contributed by atoms with van der Waals surface area (Å²) in [5.41, 5.74) is 3.43. The molecule has 2 bridgehead atoms. The van der Waals surface area contributed by atoms with Crippen molar-refractivity contribution in [3.05, 3.63) is 70.3 Å². The van der Waals surface area contributed by atoms with E-state index < -0.39 is 21.2 Å². The number of allylic oxidation sites excluding steroid dienone is 1. The highest BCUT2D eigenvalue weighted by molar-refractivity contribution is 7.90. The molecule has 1 spiro atoms. The van der Waals surface area contributed by atoms with E-state index in [2.05, 4.69) is 33.9 Å². The maximum atomic E-state index is 13.8. The number of carbonyl (C=O) groups excluding carboxylic acids is 1. The maximum absolute atomic E-state index is 13.8. The maximum Gasteiger partial charge on any atom is 0.264 e. The Morgan fingerprint density at radius 3 is 2.72 bits per heavy atom. The number of fused-ring (bicyclic) bond motifs is 4. The van der Waals surface area contributed by atoms with Crippen molar-refractivity contribution in [2.75, 3.05) is 44.9 Å². The van der Waals surface area contributed by atoms with E-state index in [1.54, 1.807) is 13.2 Å². The number of nitrogens with zero attached hydrogens (tertiary/aromatic N) is 1. The normalized spacial score (nSPS) is 31.1. The molecule has 0 unspecified atom stereocenters. The molecule has 2 aromatic rings. The van der Waals surface area contributed by atoms with E-state index in [0.717, 1.165) is 55.9 Å². The van der Waals surface area contributed by atoms with E-state index in [9.17, 15) is 13.2 Å². The summed E-state index contributed by atoms with van der Waals surface area (Å²) in [4.78, 5) is 16.1. The predicted molar refractivity (Wildman–Crippen MR) is 186 cm³/mol. The second-order valence-corrected chi connectivity index (χ2v) is 16.7. The lowest BCUT2D eigenvalue weighted by Gasteiger charge is -2.46. The summed E-state index contributed by atoms with van der Waals surface area (Å²) in [6, 6.07) is 11.6. The van der Waals surface area contributed by atoms with Crippen molar-refractivity contribution >= 4 is 33.2 Å². The Kier molecular flexibility index (Phi) is 10.3. The molecule has 1 saturated carbocycles. The molecule has 6 rings (SSSR count). The average molecular weight is 685 g/mol. The van der Waals surface area contributed by atoms with Crippen LogP contribution in [-0.2, 0) is 31.3 Å². The summed E-state index contributed by atoms with van der Waals surface area (Å²) in [6.45, 7) is 8.75. The number of benzene rings is 2. The van der Waals surface area contributed by atoms with Gasteiger partial charge in [-0.1, -0.05) is 50.6 Å². The molecular weight excluding hydrogens is 636 g/mol. The van der Waals surface area contributed by atoms with E-state index in [0.29, 0.717) is 49.4 Å². The van der Waals surface area contributed by atoms with Crippen molar-refractivity contribution < 1.29 is 27.4 Å². The smallest absolute Gasteiger partial charge is 0.264 e. The third-order valence-corrected chi connectivity index (χ3v) is 13.3. The molecule has 0 radical (unpaired) electrons. The van der Waals surface area contributed by atoms with Gasteiger partial charge in [0, 0.05) is 36.2 Å². The molecule has 1 amide bonds. The van der Waals surface area contributed by atoms with Gasteiger partial charge in [-0.2, -0.15) is 0 Å². The van der Waals surface area contributed by atoms with Crippen LogP contribution in [-0.4, -0.2) is 65.7 Å². The van der Waals surface area contributed by atoms with Crippen LogP contribution in [0.3, 0.4) is 0 Å². The zero-order valence-corrected chi connectivity index (χ0v) is 29.6. The highest BCUT2D eigenvalue weighted by atomic mass is 35.5. The lowest BCUT2D eigenvalue weighted by molar-refractivity contribution is -0.0309. The zero-order valence-electron chi connectivity index (χ0n) is 28.0. The number of aryl methyl sites for hydroxylation is 1. The molecule has 4 aliphatic rings. The Bertz CT molecular complexity index is 1600. The zero-order chi connectivity index (χ0) is 33.3. The van der Waals surface area contributed by atoms with Crippen molar-refractivity contribution in [2.24, 2.45) is 23.7 Å². The first-order valence-electron chi connectivity index (χ1n) is 17.2. The number of hydrogen-bond acceptors (Lipinski definition) is 7. The summed E-state index contributed by atoms with van der Waals surface area (Å²) in [7, 11) is -2.30. The minimum absolute atomic E-state index is 0.0987. The van der Waals surface area contributed by atoms with Crippen molar-refractivity contribution in [1.82, 2.24) is 4.72 Å². The highest BCUT2D eigenvalue weighted by Gasteiger charge is 2.45. The molecule has 1 fully saturated rings. The van der Waals surface area contributed by atoms with Crippen LogP contribution in [0.2, 0.25) is 5.02 Å². The fourth-order valence-corrected chi connectivity index (χ4v) is 10.7. The molecule has 0 saturated heterocycles. The molecule has 1 N–H and O–H groups in total. The van der Waals surface area contributed by atoms with Gasteiger partial charge in [0.15, 0.2) is 0 Å². The lowest BCUT2D eigenvalue weighted by atomic mass is 9.68. The molecular formula is C37H49ClN2O6S. The number of sulfonamides is 1. The SMILES string of the molecule is COCCO[C@H]1/C=C\C[C@H](C)[C@@H](C(C)C)S(=O)(=O)NC(=O)c2ccc3c(c2)N(C[C@@H]2CC[C@H]21)C[C@@]1(CCCc2cc(Cl)ccc21)CO3. The van der Waals surface area contributed by atoms with Crippen LogP contribution in [0.25, 0.3) is 0 Å². The number of carbonyl (C=O) groups is 1. The third-order valence-electron chi connectivity index (χ3n) is 10.9. The lowest BCUT2D eigenvalue weighted by Crippen LogP contribution is -2.49. The average Bonchev–Trinajstić information content (AvgIpc) is 3.15. The molecule has 2 aliphatic heterocycles. The molecule has 47 heavy (non-hydrogen) atoms. The third kappa shape index (κ3) is 7.10. The van der Waals surface area contributed by atoms with Crippen LogP contribution in [0.1, 0.15) is 74.4 Å². The number of nitrogens with one attached hydrogen (secondary N) is 1. The first kappa shape index (κ1) is 34.3. The van der Waals surface area contributed by atoms with E-state index >= 15 is 0 Å². The Balaban J connectivity index is 1.42. The van der Waals surface area contributed by atoms with Crippen molar-refractivity contribution in [3.8, 4) is 5.75 Å². The van der Waals surface area contributed by atoms with E-state index in [1.165, 1.54) is 11.1 Å². The molecule has 2 heterocycles. The van der Waals surface area contributed by atoms with Gasteiger partial charge in [0.1, 0.15) is 5.75 Å². The van der Waals surface area contributed by atoms with E-state index in [1.807, 2.05) is 39.0 Å². The fourth-order valence-electron chi connectivity index (χ4n) is 8.52. The van der Waals surface area contributed by atoms with Crippen LogP contribution in [0.15, 0.2) is 48.6 Å². The van der Waals surface area contributed by atoms with Crippen LogP contribution < -0.4 is 14.4 Å². The van der Waals surface area contributed by atoms with Crippen molar-refractivity contribution in [2.45, 2.75) is 76.1 Å². The van der Waals surface area contributed by atoms with Gasteiger partial charge < -0.3 is 19.1 Å². The van der Waals surface area contributed by atoms with Crippen molar-refractivity contribution in [1.29, 1.82) is 0 Å². The molecule has 2 aliphatic carbocycles. The van der Waals surface area contributed by atoms with Crippen LogP contribution in [0, 0.1) is 23.7 Å². The standard InChI is InChI=1S/C37H49ClN2O6S/c1-24(2)35-25(3)7-5-9-33(45-18-17-44-4)30-13-10-28(30)21-40-22-37(16-6-8-26-19-29(38)12-14-31(26)37)23-46-34-15-11-27(20-32(34)40)36(41)39-47(35,42)43/h5,9,11-12,14-15,19-20,24-25,28,30,33,35H,6-8,10,13,16-18,21-23H2,1-4H3,(H,39,41)/b9-5-/t25-,28-,30+,33-,35+,37-/m0/s1. The van der Waals surface area contributed by atoms with Crippen LogP contribution in [0.5, 0.6) is 5.75 Å². The Labute approximate surface area is 285 Å². The van der Waals surface area contributed by atoms with Gasteiger partial charge in [-0.3, -0.25) is 4.79 Å². The van der Waals surface area contributed by atoms with Gasteiger partial charge in [-0.05, 0) is 104 Å². The van der Waals surface area contributed by atoms with E-state index in [4.69, 9.17) is 25.8 Å². The first-order chi connectivity index (χ1) is 22.5. The van der Waals surface area contributed by atoms with Crippen LogP contribution in [0.4, 0.5) is 5.69 Å². The summed E-state index contributed by atoms with van der Waals surface area (Å²) < 4.78 is 48.3. The number of rotatable bonds is 5. The van der Waals surface area contributed by atoms with Gasteiger partial charge in [0.2, 0.25) is 10.0 Å².